The van der Waals surface area contributed by atoms with Crippen LogP contribution in [0.2, 0.25) is 0 Å². The molecule has 0 saturated carbocycles. The zero-order valence-corrected chi connectivity index (χ0v) is 13.8. The molecule has 5 nitrogen and oxygen atoms in total. The second-order valence-corrected chi connectivity index (χ2v) is 6.26. The molecule has 126 valence electrons. The monoisotopic (exact) mass is 322 g/mol. The Morgan fingerprint density at radius 1 is 1.52 bits per heavy atom. The first-order valence-electron chi connectivity index (χ1n) is 7.79. The summed E-state index contributed by atoms with van der Waals surface area (Å²) in [6, 6.07) is 4.70. The van der Waals surface area contributed by atoms with E-state index in [1.165, 1.54) is 15.9 Å². The molecule has 0 bridgehead atoms. The lowest BCUT2D eigenvalue weighted by atomic mass is 10.1. The third kappa shape index (κ3) is 4.07. The molecule has 6 heteroatoms. The van der Waals surface area contributed by atoms with Crippen LogP contribution in [0.3, 0.4) is 0 Å². The highest BCUT2D eigenvalue weighted by Crippen LogP contribution is 2.28. The van der Waals surface area contributed by atoms with Crippen LogP contribution in [0.15, 0.2) is 18.2 Å². The Hall–Kier alpha value is -1.95. The summed E-state index contributed by atoms with van der Waals surface area (Å²) >= 11 is 0. The predicted molar refractivity (Wildman–Crippen MR) is 85.5 cm³/mol. The van der Waals surface area contributed by atoms with E-state index >= 15 is 0 Å². The number of amides is 2. The maximum absolute atomic E-state index is 14.1. The van der Waals surface area contributed by atoms with E-state index in [1.54, 1.807) is 33.0 Å². The third-order valence-electron chi connectivity index (χ3n) is 4.13. The lowest BCUT2D eigenvalue weighted by Crippen LogP contribution is -2.36. The molecular weight excluding hydrogens is 299 g/mol. The van der Waals surface area contributed by atoms with Crippen LogP contribution in [0.1, 0.15) is 25.3 Å². The fraction of sp³-hybridized carbons (Fsp3) is 0.529. The Labute approximate surface area is 135 Å². The normalized spacial score (nSPS) is 19.1. The Kier molecular flexibility index (Phi) is 5.36. The van der Waals surface area contributed by atoms with E-state index in [9.17, 15) is 19.1 Å². The summed E-state index contributed by atoms with van der Waals surface area (Å²) in [5.74, 6) is -1.31. The summed E-state index contributed by atoms with van der Waals surface area (Å²) in [5.41, 5.74) is 1.01. The van der Waals surface area contributed by atoms with Crippen molar-refractivity contribution in [1.29, 1.82) is 0 Å². The van der Waals surface area contributed by atoms with Crippen LogP contribution >= 0.6 is 0 Å². The second kappa shape index (κ2) is 7.08. The van der Waals surface area contributed by atoms with Crippen molar-refractivity contribution in [3.63, 3.8) is 0 Å². The lowest BCUT2D eigenvalue weighted by molar-refractivity contribution is -0.134. The van der Waals surface area contributed by atoms with Crippen molar-refractivity contribution in [2.45, 2.75) is 32.8 Å². The van der Waals surface area contributed by atoms with Gasteiger partial charge in [0.15, 0.2) is 0 Å². The molecule has 1 aliphatic heterocycles. The van der Waals surface area contributed by atoms with Crippen LogP contribution in [-0.2, 0) is 9.59 Å². The number of hydrogen-bond donors (Lipinski definition) is 1. The van der Waals surface area contributed by atoms with Crippen molar-refractivity contribution in [3.8, 4) is 0 Å². The first-order valence-corrected chi connectivity index (χ1v) is 7.79. The SMILES string of the molecule is Cc1ccc(N2CC(C(=O)N(C)CCC(C)O)CC2=O)c(F)c1. The van der Waals surface area contributed by atoms with Gasteiger partial charge >= 0.3 is 0 Å². The average Bonchev–Trinajstić information content (AvgIpc) is 2.85. The molecule has 2 unspecified atom stereocenters. The van der Waals surface area contributed by atoms with Crippen LogP contribution in [0.5, 0.6) is 0 Å². The Morgan fingerprint density at radius 3 is 2.83 bits per heavy atom. The van der Waals surface area contributed by atoms with Gasteiger partial charge in [0.25, 0.3) is 0 Å². The van der Waals surface area contributed by atoms with Gasteiger partial charge in [-0.1, -0.05) is 6.07 Å². The molecule has 0 radical (unpaired) electrons. The summed E-state index contributed by atoms with van der Waals surface area (Å²) < 4.78 is 14.1. The molecular formula is C17H23FN2O3. The molecule has 2 rings (SSSR count). The topological polar surface area (TPSA) is 60.9 Å². The number of aliphatic hydroxyl groups excluding tert-OH is 1. The predicted octanol–water partition coefficient (Wildman–Crippen LogP) is 1.72. The summed E-state index contributed by atoms with van der Waals surface area (Å²) in [7, 11) is 1.66. The minimum atomic E-state index is -0.478. The summed E-state index contributed by atoms with van der Waals surface area (Å²) in [6.45, 7) is 4.07. The lowest BCUT2D eigenvalue weighted by Gasteiger charge is -2.22. The molecule has 1 heterocycles. The molecule has 23 heavy (non-hydrogen) atoms. The third-order valence-corrected chi connectivity index (χ3v) is 4.13. The van der Waals surface area contributed by atoms with Gasteiger partial charge in [-0.05, 0) is 38.0 Å². The molecule has 2 amide bonds. The molecule has 0 spiro atoms. The number of carbonyl (C=O) groups is 2. The van der Waals surface area contributed by atoms with E-state index in [0.717, 1.165) is 5.56 Å². The van der Waals surface area contributed by atoms with Crippen LogP contribution in [-0.4, -0.2) is 48.1 Å². The van der Waals surface area contributed by atoms with E-state index in [0.29, 0.717) is 13.0 Å². The smallest absolute Gasteiger partial charge is 0.227 e. The van der Waals surface area contributed by atoms with Gasteiger partial charge in [-0.3, -0.25) is 9.59 Å². The highest BCUT2D eigenvalue weighted by Gasteiger charge is 2.37. The maximum atomic E-state index is 14.1. The fourth-order valence-corrected chi connectivity index (χ4v) is 2.74. The summed E-state index contributed by atoms with van der Waals surface area (Å²) in [4.78, 5) is 27.4. The number of halogens is 1. The highest BCUT2D eigenvalue weighted by atomic mass is 19.1. The number of rotatable bonds is 5. The average molecular weight is 322 g/mol. The van der Waals surface area contributed by atoms with Crippen molar-refractivity contribution in [2.75, 3.05) is 25.0 Å². The number of aliphatic hydroxyl groups is 1. The maximum Gasteiger partial charge on any atom is 0.227 e. The van der Waals surface area contributed by atoms with Gasteiger partial charge in [0.1, 0.15) is 5.82 Å². The van der Waals surface area contributed by atoms with Crippen molar-refractivity contribution in [3.05, 3.63) is 29.6 Å². The Morgan fingerprint density at radius 2 is 2.22 bits per heavy atom. The van der Waals surface area contributed by atoms with Crippen LogP contribution < -0.4 is 4.90 Å². The molecule has 1 aromatic carbocycles. The van der Waals surface area contributed by atoms with E-state index in [-0.39, 0.29) is 30.5 Å². The van der Waals surface area contributed by atoms with Gasteiger partial charge in [0.05, 0.1) is 17.7 Å². The Balaban J connectivity index is 2.06. The van der Waals surface area contributed by atoms with Crippen molar-refractivity contribution in [1.82, 2.24) is 4.90 Å². The molecule has 1 N–H and O–H groups in total. The van der Waals surface area contributed by atoms with Gasteiger partial charge < -0.3 is 14.9 Å². The second-order valence-electron chi connectivity index (χ2n) is 6.26. The molecule has 1 saturated heterocycles. The summed E-state index contributed by atoms with van der Waals surface area (Å²) in [5, 5.41) is 9.29. The van der Waals surface area contributed by atoms with Crippen LogP contribution in [0.25, 0.3) is 0 Å². The number of anilines is 1. The molecule has 0 aliphatic carbocycles. The van der Waals surface area contributed by atoms with Gasteiger partial charge in [-0.2, -0.15) is 0 Å². The van der Waals surface area contributed by atoms with E-state index in [1.807, 2.05) is 0 Å². The molecule has 2 atom stereocenters. The zero-order chi connectivity index (χ0) is 17.1. The molecule has 0 aromatic heterocycles. The largest absolute Gasteiger partial charge is 0.393 e. The van der Waals surface area contributed by atoms with Crippen LogP contribution in [0.4, 0.5) is 10.1 Å². The van der Waals surface area contributed by atoms with Gasteiger partial charge in [0.2, 0.25) is 11.8 Å². The van der Waals surface area contributed by atoms with Crippen LogP contribution in [0, 0.1) is 18.7 Å². The standard InChI is InChI=1S/C17H23FN2O3/c1-11-4-5-15(14(18)8-11)20-10-13(9-16(20)22)17(23)19(3)7-6-12(2)21/h4-5,8,12-13,21H,6-7,9-10H2,1-3H3. The number of carbonyl (C=O) groups excluding carboxylic acids is 2. The Bertz CT molecular complexity index is 604. The van der Waals surface area contributed by atoms with E-state index in [4.69, 9.17) is 0 Å². The zero-order valence-electron chi connectivity index (χ0n) is 13.8. The minimum absolute atomic E-state index is 0.0885. The van der Waals surface area contributed by atoms with Gasteiger partial charge in [0, 0.05) is 26.6 Å². The van der Waals surface area contributed by atoms with Gasteiger partial charge in [-0.25, -0.2) is 4.39 Å². The van der Waals surface area contributed by atoms with E-state index < -0.39 is 17.8 Å². The molecule has 1 aliphatic rings. The number of hydrogen-bond acceptors (Lipinski definition) is 3. The first kappa shape index (κ1) is 17.4. The quantitative estimate of drug-likeness (QED) is 0.898. The summed E-state index contributed by atoms with van der Waals surface area (Å²) in [6.07, 6.45) is 0.0957. The number of nitrogens with zero attached hydrogens (tertiary/aromatic N) is 2. The highest BCUT2D eigenvalue weighted by molar-refractivity contribution is 6.00. The fourth-order valence-electron chi connectivity index (χ4n) is 2.74. The van der Waals surface area contributed by atoms with Gasteiger partial charge in [-0.15, -0.1) is 0 Å². The number of aryl methyl sites for hydroxylation is 1. The van der Waals surface area contributed by atoms with Crippen molar-refractivity contribution < 1.29 is 19.1 Å². The first-order chi connectivity index (χ1) is 10.8. The molecule has 1 aromatic rings. The molecule has 1 fully saturated rings. The number of benzene rings is 1. The van der Waals surface area contributed by atoms with E-state index in [2.05, 4.69) is 0 Å². The minimum Gasteiger partial charge on any atom is -0.393 e. The van der Waals surface area contributed by atoms with Crippen molar-refractivity contribution >= 4 is 17.5 Å². The van der Waals surface area contributed by atoms with Crippen molar-refractivity contribution in [2.24, 2.45) is 5.92 Å².